The standard InChI is InChI=1S/C22H29O8P/c1-17(30-16-23)20(28-14-18-10-6-4-7-11-18)21(22(24)31(25,26-2)27-3)29-15-19-12-8-5-9-13-19/h4-13,16-17,20-22,24H,14-15H2,1-3H3/t17-,20+,21+,22+/m0/s1. The number of rotatable bonds is 14. The minimum absolute atomic E-state index is 0.0923. The molecule has 2 aromatic rings. The first kappa shape index (κ1) is 25.2. The summed E-state index contributed by atoms with van der Waals surface area (Å²) in [5, 5.41) is 10.9. The van der Waals surface area contributed by atoms with Gasteiger partial charge in [-0.3, -0.25) is 9.36 Å². The Labute approximate surface area is 182 Å². The van der Waals surface area contributed by atoms with Gasteiger partial charge in [0.25, 0.3) is 6.47 Å². The minimum atomic E-state index is -3.95. The van der Waals surface area contributed by atoms with Crippen molar-refractivity contribution in [2.45, 2.75) is 44.3 Å². The van der Waals surface area contributed by atoms with E-state index >= 15 is 0 Å². The van der Waals surface area contributed by atoms with Crippen molar-refractivity contribution < 1.29 is 37.7 Å². The molecule has 0 aliphatic heterocycles. The van der Waals surface area contributed by atoms with E-state index in [4.69, 9.17) is 23.3 Å². The largest absolute Gasteiger partial charge is 0.462 e. The van der Waals surface area contributed by atoms with Gasteiger partial charge >= 0.3 is 7.60 Å². The highest BCUT2D eigenvalue weighted by Crippen LogP contribution is 2.53. The molecule has 2 aromatic carbocycles. The molecular weight excluding hydrogens is 423 g/mol. The van der Waals surface area contributed by atoms with Gasteiger partial charge in [0.15, 0.2) is 5.85 Å². The highest BCUT2D eigenvalue weighted by molar-refractivity contribution is 7.54. The third kappa shape index (κ3) is 7.25. The zero-order chi connectivity index (χ0) is 22.7. The Hall–Kier alpha value is -2.06. The molecule has 0 spiro atoms. The van der Waals surface area contributed by atoms with Crippen molar-refractivity contribution in [1.82, 2.24) is 0 Å². The summed E-state index contributed by atoms with van der Waals surface area (Å²) in [5.74, 6) is -1.69. The lowest BCUT2D eigenvalue weighted by Gasteiger charge is -2.35. The van der Waals surface area contributed by atoms with Crippen LogP contribution in [0.2, 0.25) is 0 Å². The average Bonchev–Trinajstić information content (AvgIpc) is 2.81. The molecule has 0 aliphatic carbocycles. The number of carbonyl (C=O) groups is 1. The normalized spacial score (nSPS) is 15.6. The van der Waals surface area contributed by atoms with Gasteiger partial charge in [-0.1, -0.05) is 60.7 Å². The molecule has 0 aliphatic rings. The number of aliphatic hydroxyl groups is 1. The molecule has 1 N–H and O–H groups in total. The summed E-state index contributed by atoms with van der Waals surface area (Å²) in [4.78, 5) is 11.0. The summed E-state index contributed by atoms with van der Waals surface area (Å²) in [6, 6.07) is 18.6. The van der Waals surface area contributed by atoms with Gasteiger partial charge in [-0.2, -0.15) is 0 Å². The maximum absolute atomic E-state index is 12.9. The predicted molar refractivity (Wildman–Crippen MR) is 114 cm³/mol. The Balaban J connectivity index is 2.32. The quantitative estimate of drug-likeness (QED) is 0.343. The number of ether oxygens (including phenoxy) is 3. The van der Waals surface area contributed by atoms with Crippen LogP contribution in [-0.2, 0) is 45.8 Å². The van der Waals surface area contributed by atoms with E-state index in [2.05, 4.69) is 0 Å². The first-order chi connectivity index (χ1) is 14.9. The van der Waals surface area contributed by atoms with Crippen molar-refractivity contribution in [3.63, 3.8) is 0 Å². The van der Waals surface area contributed by atoms with Gasteiger partial charge in [0.05, 0.1) is 13.2 Å². The number of carbonyl (C=O) groups excluding carboxylic acids is 1. The van der Waals surface area contributed by atoms with Crippen LogP contribution in [-0.4, -0.2) is 50.0 Å². The van der Waals surface area contributed by atoms with Crippen LogP contribution >= 0.6 is 7.60 Å². The van der Waals surface area contributed by atoms with E-state index < -0.39 is 31.8 Å². The van der Waals surface area contributed by atoms with Crippen LogP contribution in [0.1, 0.15) is 18.1 Å². The van der Waals surface area contributed by atoms with E-state index in [1.165, 1.54) is 14.2 Å². The average molecular weight is 452 g/mol. The fourth-order valence-corrected chi connectivity index (χ4v) is 4.21. The van der Waals surface area contributed by atoms with Crippen LogP contribution < -0.4 is 0 Å². The molecule has 2 rings (SSSR count). The first-order valence-corrected chi connectivity index (χ1v) is 11.4. The van der Waals surface area contributed by atoms with Crippen molar-refractivity contribution in [1.29, 1.82) is 0 Å². The molecule has 31 heavy (non-hydrogen) atoms. The molecule has 8 nitrogen and oxygen atoms in total. The smallest absolute Gasteiger partial charge is 0.361 e. The Kier molecular flexibility index (Phi) is 10.3. The van der Waals surface area contributed by atoms with Gasteiger partial charge in [0, 0.05) is 14.2 Å². The fraction of sp³-hybridized carbons (Fsp3) is 0.409. The molecule has 0 bridgehead atoms. The van der Waals surface area contributed by atoms with Crippen LogP contribution in [0.4, 0.5) is 0 Å². The fourth-order valence-electron chi connectivity index (χ4n) is 3.02. The zero-order valence-electron chi connectivity index (χ0n) is 17.8. The molecule has 0 saturated heterocycles. The van der Waals surface area contributed by atoms with Crippen molar-refractivity contribution >= 4 is 14.1 Å². The molecule has 0 heterocycles. The number of hydrogen-bond donors (Lipinski definition) is 1. The van der Waals surface area contributed by atoms with Crippen LogP contribution in [0.5, 0.6) is 0 Å². The number of benzene rings is 2. The lowest BCUT2D eigenvalue weighted by atomic mass is 10.1. The Morgan fingerprint density at radius 2 is 1.32 bits per heavy atom. The second kappa shape index (κ2) is 12.7. The molecule has 9 heteroatoms. The van der Waals surface area contributed by atoms with Gasteiger partial charge in [-0.15, -0.1) is 0 Å². The topological polar surface area (TPSA) is 101 Å². The predicted octanol–water partition coefficient (Wildman–Crippen LogP) is 3.52. The molecular formula is C22H29O8P. The zero-order valence-corrected chi connectivity index (χ0v) is 18.7. The van der Waals surface area contributed by atoms with E-state index in [-0.39, 0.29) is 19.7 Å². The lowest BCUT2D eigenvalue weighted by Crippen LogP contribution is -2.47. The van der Waals surface area contributed by atoms with Gasteiger partial charge in [-0.05, 0) is 18.1 Å². The van der Waals surface area contributed by atoms with E-state index in [1.807, 2.05) is 60.7 Å². The minimum Gasteiger partial charge on any atom is -0.462 e. The second-order valence-electron chi connectivity index (χ2n) is 6.78. The van der Waals surface area contributed by atoms with Crippen LogP contribution in [0.25, 0.3) is 0 Å². The van der Waals surface area contributed by atoms with Gasteiger partial charge in [0.2, 0.25) is 0 Å². The molecule has 0 aromatic heterocycles. The Morgan fingerprint density at radius 1 is 0.871 bits per heavy atom. The SMILES string of the molecule is COP(=O)(OC)[C@@H](O)[C@H](OCc1ccccc1)[C@H](OCc1ccccc1)[C@H](C)OC=O. The third-order valence-corrected chi connectivity index (χ3v) is 6.71. The lowest BCUT2D eigenvalue weighted by molar-refractivity contribution is -0.168. The Bertz CT molecular complexity index is 809. The summed E-state index contributed by atoms with van der Waals surface area (Å²) >= 11 is 0. The van der Waals surface area contributed by atoms with Gasteiger partial charge in [0.1, 0.15) is 18.3 Å². The van der Waals surface area contributed by atoms with E-state index in [0.29, 0.717) is 0 Å². The van der Waals surface area contributed by atoms with Crippen molar-refractivity contribution in [3.05, 3.63) is 71.8 Å². The first-order valence-electron chi connectivity index (χ1n) is 9.74. The van der Waals surface area contributed by atoms with Crippen molar-refractivity contribution in [2.75, 3.05) is 14.2 Å². The molecule has 4 atom stereocenters. The molecule has 0 unspecified atom stereocenters. The van der Waals surface area contributed by atoms with Crippen molar-refractivity contribution in [2.24, 2.45) is 0 Å². The summed E-state index contributed by atoms with van der Waals surface area (Å²) in [6.07, 6.45) is -2.98. The van der Waals surface area contributed by atoms with Gasteiger partial charge < -0.3 is 28.4 Å². The summed E-state index contributed by atoms with van der Waals surface area (Å²) < 4.78 is 39.9. The molecule has 0 saturated carbocycles. The highest BCUT2D eigenvalue weighted by Gasteiger charge is 2.46. The Morgan fingerprint density at radius 3 is 1.74 bits per heavy atom. The van der Waals surface area contributed by atoms with Crippen LogP contribution in [0, 0.1) is 0 Å². The van der Waals surface area contributed by atoms with Gasteiger partial charge in [-0.25, -0.2) is 0 Å². The molecule has 170 valence electrons. The number of aliphatic hydroxyl groups excluding tert-OH is 1. The third-order valence-electron chi connectivity index (χ3n) is 4.75. The number of hydrogen-bond acceptors (Lipinski definition) is 8. The van der Waals surface area contributed by atoms with E-state index in [1.54, 1.807) is 6.92 Å². The summed E-state index contributed by atoms with van der Waals surface area (Å²) in [7, 11) is -1.60. The molecule has 0 fully saturated rings. The maximum atomic E-state index is 12.9. The van der Waals surface area contributed by atoms with Crippen molar-refractivity contribution in [3.8, 4) is 0 Å². The maximum Gasteiger partial charge on any atom is 0.361 e. The highest BCUT2D eigenvalue weighted by atomic mass is 31.2. The van der Waals surface area contributed by atoms with Crippen LogP contribution in [0.15, 0.2) is 60.7 Å². The summed E-state index contributed by atoms with van der Waals surface area (Å²) in [6.45, 7) is 2.13. The summed E-state index contributed by atoms with van der Waals surface area (Å²) in [5.41, 5.74) is 1.69. The van der Waals surface area contributed by atoms with E-state index in [9.17, 15) is 14.5 Å². The van der Waals surface area contributed by atoms with Crippen LogP contribution in [0.3, 0.4) is 0 Å². The second-order valence-corrected chi connectivity index (χ2v) is 9.12. The van der Waals surface area contributed by atoms with E-state index in [0.717, 1.165) is 11.1 Å². The molecule has 0 amide bonds. The molecule has 0 radical (unpaired) electrons. The monoisotopic (exact) mass is 452 g/mol.